The largest absolute Gasteiger partial charge is 0.481 e. The van der Waals surface area contributed by atoms with Crippen molar-refractivity contribution in [1.29, 1.82) is 0 Å². The summed E-state index contributed by atoms with van der Waals surface area (Å²) in [5, 5.41) is 25.3. The van der Waals surface area contributed by atoms with Crippen molar-refractivity contribution >= 4 is 33.4 Å². The molecular formula is C24H31N3O6S. The maximum Gasteiger partial charge on any atom is 0.300 e. The fourth-order valence-electron chi connectivity index (χ4n) is 4.33. The number of aliphatic hydroxyl groups excluding tert-OH is 1. The lowest BCUT2D eigenvalue weighted by atomic mass is 10.1. The van der Waals surface area contributed by atoms with E-state index in [9.17, 15) is 5.11 Å². The molecule has 5 rings (SSSR count). The Morgan fingerprint density at radius 3 is 2.53 bits per heavy atom. The molecule has 2 saturated heterocycles. The Balaban J connectivity index is 0.000000355. The summed E-state index contributed by atoms with van der Waals surface area (Å²) in [5.41, 5.74) is 0. The second kappa shape index (κ2) is 12.1. The van der Waals surface area contributed by atoms with Crippen molar-refractivity contribution in [2.24, 2.45) is 0 Å². The van der Waals surface area contributed by atoms with E-state index in [1.54, 1.807) is 0 Å². The molecule has 0 aliphatic carbocycles. The zero-order valence-corrected chi connectivity index (χ0v) is 20.1. The summed E-state index contributed by atoms with van der Waals surface area (Å²) in [6.07, 6.45) is 6.03. The molecule has 3 N–H and O–H groups in total. The van der Waals surface area contributed by atoms with Crippen molar-refractivity contribution in [1.82, 2.24) is 14.5 Å². The zero-order chi connectivity index (χ0) is 24.7. The van der Waals surface area contributed by atoms with Gasteiger partial charge >= 0.3 is 0 Å². The van der Waals surface area contributed by atoms with Crippen molar-refractivity contribution in [2.75, 3.05) is 26.3 Å². The minimum absolute atomic E-state index is 0.167. The van der Waals surface area contributed by atoms with Gasteiger partial charge in [0.2, 0.25) is 0 Å². The van der Waals surface area contributed by atoms with Crippen LogP contribution in [0.25, 0.3) is 20.8 Å². The van der Waals surface area contributed by atoms with E-state index in [4.69, 9.17) is 24.5 Å². The molecule has 0 bridgehead atoms. The normalized spacial score (nSPS) is 21.7. The van der Waals surface area contributed by atoms with E-state index in [1.165, 1.54) is 15.0 Å². The second-order valence-electron chi connectivity index (χ2n) is 8.31. The van der Waals surface area contributed by atoms with Crippen LogP contribution in [0.4, 0.5) is 0 Å². The third-order valence-corrected chi connectivity index (χ3v) is 6.74. The Morgan fingerprint density at radius 1 is 1.15 bits per heavy atom. The number of aliphatic hydroxyl groups is 1. The average molecular weight is 490 g/mol. The number of fused-ring (bicyclic) bond motifs is 2. The van der Waals surface area contributed by atoms with Gasteiger partial charge in [-0.2, -0.15) is 0 Å². The molecule has 1 aromatic carbocycles. The second-order valence-corrected chi connectivity index (χ2v) is 9.39. The van der Waals surface area contributed by atoms with Crippen molar-refractivity contribution in [2.45, 2.75) is 44.9 Å². The molecule has 9 nitrogen and oxygen atoms in total. The summed E-state index contributed by atoms with van der Waals surface area (Å²) < 4.78 is 9.59. The maximum atomic E-state index is 9.17. The number of thiophene rings is 1. The number of imidazole rings is 1. The Kier molecular flexibility index (Phi) is 9.17. The number of aliphatic carboxylic acids is 2. The summed E-state index contributed by atoms with van der Waals surface area (Å²) in [6, 6.07) is 11.7. The quantitative estimate of drug-likeness (QED) is 0.510. The summed E-state index contributed by atoms with van der Waals surface area (Å²) in [5.74, 6) is -0.594. The van der Waals surface area contributed by atoms with Crippen LogP contribution in [0.1, 0.15) is 32.7 Å². The minimum Gasteiger partial charge on any atom is -0.481 e. The summed E-state index contributed by atoms with van der Waals surface area (Å²) in [7, 11) is 0. The first kappa shape index (κ1) is 25.8. The van der Waals surface area contributed by atoms with Gasteiger partial charge in [-0.15, -0.1) is 11.3 Å². The standard InChI is InChI=1S/C20H23N3O2S.2C2H4O2/c24-8-5-17-12-22-11-15(10-16(22)13-25-17)23-7-6-21-20(23)19-9-14-3-1-2-4-18(14)26-19;2*1-2(3)4/h1-4,6-7,9,15-17,24H,5,8,10-13H2;2*1H3,(H,3,4)/t15-,16+,17+;;/m1../s1. The van der Waals surface area contributed by atoms with Crippen LogP contribution in [-0.4, -0.2) is 80.2 Å². The highest BCUT2D eigenvalue weighted by molar-refractivity contribution is 7.22. The number of hydrogen-bond acceptors (Lipinski definition) is 7. The number of aromatic nitrogens is 2. The van der Waals surface area contributed by atoms with E-state index in [0.29, 0.717) is 12.1 Å². The number of rotatable bonds is 4. The number of morpholine rings is 1. The topological polar surface area (TPSA) is 125 Å². The van der Waals surface area contributed by atoms with Gasteiger partial charge in [-0.05, 0) is 30.4 Å². The first-order valence-corrected chi connectivity index (χ1v) is 12.0. The first-order valence-electron chi connectivity index (χ1n) is 11.2. The van der Waals surface area contributed by atoms with Crippen LogP contribution in [0.15, 0.2) is 42.7 Å². The molecule has 3 atom stereocenters. The molecule has 0 amide bonds. The third kappa shape index (κ3) is 6.86. The van der Waals surface area contributed by atoms with E-state index >= 15 is 0 Å². The van der Waals surface area contributed by atoms with Gasteiger partial charge in [0.1, 0.15) is 5.82 Å². The van der Waals surface area contributed by atoms with Crippen LogP contribution < -0.4 is 0 Å². The van der Waals surface area contributed by atoms with Crippen LogP contribution in [0.2, 0.25) is 0 Å². The van der Waals surface area contributed by atoms with Gasteiger partial charge in [-0.3, -0.25) is 14.5 Å². The Morgan fingerprint density at radius 2 is 1.85 bits per heavy atom. The van der Waals surface area contributed by atoms with E-state index in [2.05, 4.69) is 51.0 Å². The summed E-state index contributed by atoms with van der Waals surface area (Å²) in [4.78, 5) is 26.4. The smallest absolute Gasteiger partial charge is 0.300 e. The average Bonchev–Trinajstić information content (AvgIpc) is 3.49. The molecule has 0 spiro atoms. The third-order valence-electron chi connectivity index (χ3n) is 5.63. The summed E-state index contributed by atoms with van der Waals surface area (Å²) in [6.45, 7) is 5.09. The molecular weight excluding hydrogens is 458 g/mol. The number of hydrogen-bond donors (Lipinski definition) is 3. The molecule has 0 radical (unpaired) electrons. The van der Waals surface area contributed by atoms with Gasteiger partial charge in [0.25, 0.3) is 11.9 Å². The maximum absolute atomic E-state index is 9.17. The number of carbonyl (C=O) groups is 2. The molecule has 4 heterocycles. The molecule has 0 unspecified atom stereocenters. The fourth-order valence-corrected chi connectivity index (χ4v) is 5.39. The predicted molar refractivity (Wildman–Crippen MR) is 130 cm³/mol. The number of ether oxygens (including phenoxy) is 1. The predicted octanol–water partition coefficient (Wildman–Crippen LogP) is 3.34. The SMILES string of the molecule is CC(=O)O.CC(=O)O.OCC[C@H]1CN2C[C@H](n3ccnc3-c3cc4ccccc4s3)C[C@H]2CO1. The van der Waals surface area contributed by atoms with Crippen molar-refractivity contribution in [3.63, 3.8) is 0 Å². The van der Waals surface area contributed by atoms with Crippen LogP contribution in [-0.2, 0) is 14.3 Å². The van der Waals surface area contributed by atoms with Crippen molar-refractivity contribution in [3.05, 3.63) is 42.7 Å². The van der Waals surface area contributed by atoms with Crippen molar-refractivity contribution < 1.29 is 29.6 Å². The molecule has 34 heavy (non-hydrogen) atoms. The molecule has 0 saturated carbocycles. The summed E-state index contributed by atoms with van der Waals surface area (Å²) >= 11 is 1.81. The highest BCUT2D eigenvalue weighted by Crippen LogP contribution is 2.37. The Hall–Kier alpha value is -2.79. The number of carboxylic acid groups (broad SMARTS) is 2. The lowest BCUT2D eigenvalue weighted by molar-refractivity contribution is -0.135. The van der Waals surface area contributed by atoms with Gasteiger partial charge in [0.05, 0.1) is 17.6 Å². The van der Waals surface area contributed by atoms with Crippen LogP contribution in [0.3, 0.4) is 0 Å². The molecule has 184 valence electrons. The Bertz CT molecular complexity index is 1040. The van der Waals surface area contributed by atoms with Gasteiger partial charge in [-0.1, -0.05) is 18.2 Å². The zero-order valence-electron chi connectivity index (χ0n) is 19.3. The molecule has 10 heteroatoms. The van der Waals surface area contributed by atoms with Gasteiger partial charge in [-0.25, -0.2) is 4.98 Å². The Labute approximate surface area is 202 Å². The minimum atomic E-state index is -0.833. The van der Waals surface area contributed by atoms with E-state index < -0.39 is 11.9 Å². The molecule has 2 aliphatic heterocycles. The number of carboxylic acids is 2. The lowest BCUT2D eigenvalue weighted by Crippen LogP contribution is -2.46. The fraction of sp³-hybridized carbons (Fsp3) is 0.458. The van der Waals surface area contributed by atoms with Crippen LogP contribution in [0, 0.1) is 0 Å². The van der Waals surface area contributed by atoms with Gasteiger partial charge < -0.3 is 24.6 Å². The molecule has 2 aliphatic rings. The molecule has 2 fully saturated rings. The highest BCUT2D eigenvalue weighted by atomic mass is 32.1. The van der Waals surface area contributed by atoms with E-state index in [0.717, 1.165) is 52.2 Å². The number of nitrogens with zero attached hydrogens (tertiary/aromatic N) is 3. The van der Waals surface area contributed by atoms with Crippen LogP contribution >= 0.6 is 11.3 Å². The van der Waals surface area contributed by atoms with E-state index in [-0.39, 0.29) is 12.7 Å². The van der Waals surface area contributed by atoms with Crippen LogP contribution in [0.5, 0.6) is 0 Å². The lowest BCUT2D eigenvalue weighted by Gasteiger charge is -2.34. The monoisotopic (exact) mass is 489 g/mol. The van der Waals surface area contributed by atoms with Crippen molar-refractivity contribution in [3.8, 4) is 10.7 Å². The van der Waals surface area contributed by atoms with Gasteiger partial charge in [0, 0.05) is 62.7 Å². The first-order chi connectivity index (χ1) is 16.3. The van der Waals surface area contributed by atoms with E-state index in [1.807, 2.05) is 17.5 Å². The molecule has 2 aromatic heterocycles. The van der Waals surface area contributed by atoms with Gasteiger partial charge in [0.15, 0.2) is 0 Å². The highest BCUT2D eigenvalue weighted by Gasteiger charge is 2.38. The number of benzene rings is 1. The molecule has 3 aromatic rings.